The van der Waals surface area contributed by atoms with E-state index < -0.39 is 11.9 Å². The van der Waals surface area contributed by atoms with Crippen molar-refractivity contribution in [3.63, 3.8) is 0 Å². The first-order chi connectivity index (χ1) is 17.3. The van der Waals surface area contributed by atoms with Gasteiger partial charge >= 0.3 is 6.18 Å². The van der Waals surface area contributed by atoms with Crippen LogP contribution >= 0.6 is 0 Å². The highest BCUT2D eigenvalue weighted by Gasteiger charge is 2.33. The maximum atomic E-state index is 13.1. The van der Waals surface area contributed by atoms with Gasteiger partial charge in [0.25, 0.3) is 0 Å². The zero-order valence-electron chi connectivity index (χ0n) is 20.1. The Morgan fingerprint density at radius 3 is 2.58 bits per heavy atom. The Kier molecular flexibility index (Phi) is 5.55. The summed E-state index contributed by atoms with van der Waals surface area (Å²) in [4.78, 5) is 13.3. The molecule has 2 atom stereocenters. The van der Waals surface area contributed by atoms with E-state index in [0.717, 1.165) is 52.4 Å². The molecule has 6 rings (SSSR count). The minimum atomic E-state index is -4.48. The van der Waals surface area contributed by atoms with Crippen molar-refractivity contribution in [2.45, 2.75) is 63.8 Å². The summed E-state index contributed by atoms with van der Waals surface area (Å²) in [7, 11) is 0. The fourth-order valence-corrected chi connectivity index (χ4v) is 4.88. The van der Waals surface area contributed by atoms with E-state index in [0.29, 0.717) is 23.9 Å². The van der Waals surface area contributed by atoms with Gasteiger partial charge in [0.2, 0.25) is 0 Å². The van der Waals surface area contributed by atoms with Crippen LogP contribution in [0.4, 0.5) is 13.2 Å². The molecule has 0 amide bonds. The number of aryl methyl sites for hydroxylation is 2. The van der Waals surface area contributed by atoms with Crippen molar-refractivity contribution in [1.29, 1.82) is 0 Å². The van der Waals surface area contributed by atoms with Crippen LogP contribution in [0.2, 0.25) is 0 Å². The van der Waals surface area contributed by atoms with Gasteiger partial charge in [-0.3, -0.25) is 9.67 Å². The van der Waals surface area contributed by atoms with Crippen molar-refractivity contribution < 1.29 is 17.9 Å². The Labute approximate surface area is 206 Å². The molecule has 0 spiro atoms. The van der Waals surface area contributed by atoms with Gasteiger partial charge in [-0.1, -0.05) is 6.07 Å². The smallest absolute Gasteiger partial charge is 0.373 e. The van der Waals surface area contributed by atoms with Crippen molar-refractivity contribution >= 4 is 11.0 Å². The number of hydrogen-bond acceptors (Lipinski definition) is 5. The van der Waals surface area contributed by atoms with Gasteiger partial charge in [0.1, 0.15) is 5.69 Å². The summed E-state index contributed by atoms with van der Waals surface area (Å²) >= 11 is 0. The highest BCUT2D eigenvalue weighted by molar-refractivity contribution is 5.93. The summed E-state index contributed by atoms with van der Waals surface area (Å²) in [6.45, 7) is 4.50. The standard InChI is InChI=1S/C27H26F3N5O/c1-15-9-22-21(18-3-6-25(31-12-18)27(28,29)30)11-23(34-26(22)33-16(15)2)17-7-8-36-24(10-17)19-13-32-35(14-19)20-4-5-20/h3,6,9,11-14,17,20,24H,4-5,7-8,10H2,1-2H3/t17-,24+/m1/s1. The Balaban J connectivity index is 1.38. The van der Waals surface area contributed by atoms with Gasteiger partial charge < -0.3 is 4.74 Å². The Bertz CT molecular complexity index is 1430. The molecule has 0 unspecified atom stereocenters. The number of ether oxygens (including phenoxy) is 1. The lowest BCUT2D eigenvalue weighted by Crippen LogP contribution is -2.19. The zero-order chi connectivity index (χ0) is 25.0. The van der Waals surface area contributed by atoms with Crippen LogP contribution in [0.3, 0.4) is 0 Å². The first-order valence-electron chi connectivity index (χ1n) is 12.2. The molecule has 0 N–H and O–H groups in total. The molecule has 9 heteroatoms. The maximum absolute atomic E-state index is 13.1. The summed E-state index contributed by atoms with van der Waals surface area (Å²) in [6, 6.07) is 7.00. The van der Waals surface area contributed by atoms with E-state index in [1.165, 1.54) is 25.1 Å². The molecule has 4 aromatic rings. The molecule has 0 aromatic carbocycles. The predicted octanol–water partition coefficient (Wildman–Crippen LogP) is 6.49. The summed E-state index contributed by atoms with van der Waals surface area (Å²) in [5.74, 6) is 0.127. The average molecular weight is 494 g/mol. The fourth-order valence-electron chi connectivity index (χ4n) is 4.88. The van der Waals surface area contributed by atoms with E-state index >= 15 is 0 Å². The van der Waals surface area contributed by atoms with Crippen LogP contribution in [0.15, 0.2) is 42.9 Å². The molecule has 5 heterocycles. The molecule has 1 saturated carbocycles. The number of hydrogen-bond donors (Lipinski definition) is 0. The number of aromatic nitrogens is 5. The van der Waals surface area contributed by atoms with Crippen molar-refractivity contribution in [2.75, 3.05) is 6.61 Å². The van der Waals surface area contributed by atoms with Gasteiger partial charge in [-0.25, -0.2) is 9.97 Å². The molecule has 2 aliphatic rings. The number of rotatable bonds is 4. The van der Waals surface area contributed by atoms with Crippen molar-refractivity contribution in [1.82, 2.24) is 24.7 Å². The largest absolute Gasteiger partial charge is 0.433 e. The van der Waals surface area contributed by atoms with Crippen LogP contribution in [0.25, 0.3) is 22.2 Å². The molecule has 186 valence electrons. The van der Waals surface area contributed by atoms with E-state index in [2.05, 4.69) is 16.3 Å². The Morgan fingerprint density at radius 1 is 1.03 bits per heavy atom. The van der Waals surface area contributed by atoms with E-state index in [1.807, 2.05) is 36.9 Å². The average Bonchev–Trinajstić information content (AvgIpc) is 3.60. The Morgan fingerprint density at radius 2 is 1.86 bits per heavy atom. The second-order valence-corrected chi connectivity index (χ2v) is 9.85. The minimum Gasteiger partial charge on any atom is -0.373 e. The van der Waals surface area contributed by atoms with E-state index in [9.17, 15) is 13.2 Å². The third-order valence-electron chi connectivity index (χ3n) is 7.24. The monoisotopic (exact) mass is 493 g/mol. The molecule has 1 saturated heterocycles. The first kappa shape index (κ1) is 23.1. The zero-order valence-corrected chi connectivity index (χ0v) is 20.1. The molecule has 0 radical (unpaired) electrons. The molecule has 0 bridgehead atoms. The molecule has 1 aliphatic heterocycles. The number of fused-ring (bicyclic) bond motifs is 1. The number of halogens is 3. The predicted molar refractivity (Wildman–Crippen MR) is 128 cm³/mol. The second kappa shape index (κ2) is 8.65. The molecular weight excluding hydrogens is 467 g/mol. The summed E-state index contributed by atoms with van der Waals surface area (Å²) in [5, 5.41) is 5.32. The number of alkyl halides is 3. The van der Waals surface area contributed by atoms with Crippen LogP contribution in [-0.2, 0) is 10.9 Å². The van der Waals surface area contributed by atoms with E-state index in [1.54, 1.807) is 0 Å². The number of pyridine rings is 3. The molecule has 36 heavy (non-hydrogen) atoms. The van der Waals surface area contributed by atoms with Crippen LogP contribution < -0.4 is 0 Å². The molecule has 2 fully saturated rings. The third kappa shape index (κ3) is 4.36. The summed E-state index contributed by atoms with van der Waals surface area (Å²) < 4.78 is 47.4. The van der Waals surface area contributed by atoms with Gasteiger partial charge in [-0.15, -0.1) is 0 Å². The molecule has 4 aromatic heterocycles. The highest BCUT2D eigenvalue weighted by Crippen LogP contribution is 2.41. The normalized spacial score (nSPS) is 20.7. The van der Waals surface area contributed by atoms with Crippen molar-refractivity contribution in [3.8, 4) is 11.1 Å². The summed E-state index contributed by atoms with van der Waals surface area (Å²) in [6.07, 6.45) is 4.62. The van der Waals surface area contributed by atoms with Crippen molar-refractivity contribution in [3.05, 3.63) is 71.1 Å². The van der Waals surface area contributed by atoms with Crippen LogP contribution in [0.5, 0.6) is 0 Å². The van der Waals surface area contributed by atoms with Gasteiger partial charge in [-0.2, -0.15) is 18.3 Å². The fraction of sp³-hybridized carbons (Fsp3) is 0.407. The molecular formula is C27H26F3N5O. The van der Waals surface area contributed by atoms with E-state index in [4.69, 9.17) is 14.7 Å². The SMILES string of the molecule is Cc1cc2c(-c3ccc(C(F)(F)F)nc3)cc([C@@H]3CCO[C@H](c4cnn(C5CC5)c4)C3)nc2nc1C. The number of nitrogens with zero attached hydrogens (tertiary/aromatic N) is 5. The van der Waals surface area contributed by atoms with Crippen LogP contribution in [0, 0.1) is 13.8 Å². The lowest BCUT2D eigenvalue weighted by atomic mass is 9.88. The van der Waals surface area contributed by atoms with Crippen LogP contribution in [0.1, 0.15) is 72.0 Å². The maximum Gasteiger partial charge on any atom is 0.433 e. The lowest BCUT2D eigenvalue weighted by molar-refractivity contribution is -0.141. The van der Waals surface area contributed by atoms with Gasteiger partial charge in [0, 0.05) is 52.8 Å². The second-order valence-electron chi connectivity index (χ2n) is 9.85. The molecule has 1 aliphatic carbocycles. The first-order valence-corrected chi connectivity index (χ1v) is 12.2. The topological polar surface area (TPSA) is 65.7 Å². The third-order valence-corrected chi connectivity index (χ3v) is 7.24. The molecule has 6 nitrogen and oxygen atoms in total. The van der Waals surface area contributed by atoms with Gasteiger partial charge in [0.15, 0.2) is 5.65 Å². The minimum absolute atomic E-state index is 0.0716. The summed E-state index contributed by atoms with van der Waals surface area (Å²) in [5.41, 5.74) is 4.90. The quantitative estimate of drug-likeness (QED) is 0.325. The highest BCUT2D eigenvalue weighted by atomic mass is 19.4. The Hall–Kier alpha value is -3.33. The van der Waals surface area contributed by atoms with Crippen LogP contribution in [-0.4, -0.2) is 31.3 Å². The van der Waals surface area contributed by atoms with Crippen molar-refractivity contribution in [2.24, 2.45) is 0 Å². The van der Waals surface area contributed by atoms with E-state index in [-0.39, 0.29) is 12.0 Å². The lowest BCUT2D eigenvalue weighted by Gasteiger charge is -2.29. The van der Waals surface area contributed by atoms with Gasteiger partial charge in [-0.05, 0) is 68.9 Å². The van der Waals surface area contributed by atoms with Gasteiger partial charge in [0.05, 0.1) is 18.3 Å².